The molecule has 140 valence electrons. The van der Waals surface area contributed by atoms with E-state index in [2.05, 4.69) is 9.97 Å². The summed E-state index contributed by atoms with van der Waals surface area (Å²) in [5.74, 6) is -0.220. The summed E-state index contributed by atoms with van der Waals surface area (Å²) in [6, 6.07) is 4.29. The molecule has 0 radical (unpaired) electrons. The van der Waals surface area contributed by atoms with Crippen LogP contribution in [-0.4, -0.2) is 28.2 Å². The van der Waals surface area contributed by atoms with Crippen LogP contribution in [-0.2, 0) is 24.2 Å². The molecule has 0 amide bonds. The van der Waals surface area contributed by atoms with Gasteiger partial charge in [-0.15, -0.1) is 11.3 Å². The Morgan fingerprint density at radius 3 is 2.96 bits per heavy atom. The van der Waals surface area contributed by atoms with Gasteiger partial charge in [-0.3, -0.25) is 4.79 Å². The molecule has 0 saturated carbocycles. The van der Waals surface area contributed by atoms with Crippen LogP contribution < -0.4 is 10.3 Å². The van der Waals surface area contributed by atoms with Gasteiger partial charge >= 0.3 is 5.97 Å². The Kier molecular flexibility index (Phi) is 4.57. The number of hydrogen-bond acceptors (Lipinski definition) is 7. The number of benzene rings is 1. The monoisotopic (exact) mass is 386 g/mol. The molecule has 3 aromatic rings. The summed E-state index contributed by atoms with van der Waals surface area (Å²) in [5, 5.41) is 10.5. The van der Waals surface area contributed by atoms with Crippen LogP contribution in [0.5, 0.6) is 11.5 Å². The fourth-order valence-electron chi connectivity index (χ4n) is 3.29. The number of aromatic nitrogens is 2. The summed E-state index contributed by atoms with van der Waals surface area (Å²) in [7, 11) is 1.46. The maximum Gasteiger partial charge on any atom is 0.342 e. The van der Waals surface area contributed by atoms with Gasteiger partial charge in [0.15, 0.2) is 0 Å². The normalized spacial score (nSPS) is 13.4. The third kappa shape index (κ3) is 3.28. The summed E-state index contributed by atoms with van der Waals surface area (Å²) in [4.78, 5) is 33.8. The van der Waals surface area contributed by atoms with Gasteiger partial charge in [-0.1, -0.05) is 0 Å². The maximum atomic E-state index is 12.5. The van der Waals surface area contributed by atoms with E-state index >= 15 is 0 Å². The largest absolute Gasteiger partial charge is 0.507 e. The predicted molar refractivity (Wildman–Crippen MR) is 101 cm³/mol. The number of thiophene rings is 1. The van der Waals surface area contributed by atoms with E-state index < -0.39 is 5.97 Å². The molecule has 4 rings (SSSR count). The van der Waals surface area contributed by atoms with Crippen molar-refractivity contribution in [2.24, 2.45) is 0 Å². The first-order valence-electron chi connectivity index (χ1n) is 8.64. The molecule has 2 aromatic heterocycles. The van der Waals surface area contributed by atoms with Gasteiger partial charge < -0.3 is 19.6 Å². The summed E-state index contributed by atoms with van der Waals surface area (Å²) >= 11 is 1.54. The molecule has 0 aliphatic heterocycles. The van der Waals surface area contributed by atoms with Crippen molar-refractivity contribution < 1.29 is 19.4 Å². The van der Waals surface area contributed by atoms with Crippen molar-refractivity contribution in [3.8, 4) is 11.5 Å². The van der Waals surface area contributed by atoms with Crippen LogP contribution in [0.4, 0.5) is 0 Å². The van der Waals surface area contributed by atoms with Crippen LogP contribution in [0.1, 0.15) is 39.5 Å². The second kappa shape index (κ2) is 7.03. The molecule has 7 nitrogen and oxygen atoms in total. The Hall–Kier alpha value is -2.87. The Bertz CT molecular complexity index is 1090. The highest BCUT2D eigenvalue weighted by Crippen LogP contribution is 2.33. The molecule has 0 spiro atoms. The Morgan fingerprint density at radius 1 is 1.33 bits per heavy atom. The van der Waals surface area contributed by atoms with Gasteiger partial charge in [-0.25, -0.2) is 9.78 Å². The zero-order valence-electron chi connectivity index (χ0n) is 14.7. The molecule has 1 aliphatic carbocycles. The van der Waals surface area contributed by atoms with Crippen molar-refractivity contribution in [3.63, 3.8) is 0 Å². The highest BCUT2D eigenvalue weighted by atomic mass is 32.1. The zero-order chi connectivity index (χ0) is 19.0. The van der Waals surface area contributed by atoms with Gasteiger partial charge in [0.1, 0.15) is 34.3 Å². The van der Waals surface area contributed by atoms with Gasteiger partial charge in [0.2, 0.25) is 0 Å². The number of aromatic amines is 1. The number of aromatic hydroxyl groups is 1. The van der Waals surface area contributed by atoms with Gasteiger partial charge in [-0.2, -0.15) is 0 Å². The number of carbonyl (C=O) groups excluding carboxylic acids is 1. The predicted octanol–water partition coefficient (Wildman–Crippen LogP) is 2.93. The van der Waals surface area contributed by atoms with E-state index in [9.17, 15) is 14.7 Å². The minimum Gasteiger partial charge on any atom is -0.507 e. The molecular formula is C19H18N2O5S. The summed E-state index contributed by atoms with van der Waals surface area (Å²) in [6.45, 7) is -0.191. The van der Waals surface area contributed by atoms with E-state index in [0.717, 1.165) is 31.2 Å². The van der Waals surface area contributed by atoms with E-state index in [1.807, 2.05) is 0 Å². The lowest BCUT2D eigenvalue weighted by Crippen LogP contribution is -2.15. The van der Waals surface area contributed by atoms with Crippen LogP contribution >= 0.6 is 11.3 Å². The first kappa shape index (κ1) is 17.5. The van der Waals surface area contributed by atoms with Crippen LogP contribution in [0, 0.1) is 0 Å². The highest BCUT2D eigenvalue weighted by molar-refractivity contribution is 7.18. The number of methoxy groups -OCH3 is 1. The standard InChI is InChI=1S/C19H18N2O5S/c1-25-10-6-7-13(22)12(8-10)19(24)26-9-15-20-17(23)16-11-4-2-3-5-14(11)27-18(16)21-15/h6-8,22H,2-5,9H2,1H3,(H,20,21,23). The highest BCUT2D eigenvalue weighted by Gasteiger charge is 2.20. The summed E-state index contributed by atoms with van der Waals surface area (Å²) in [6.07, 6.45) is 4.10. The second-order valence-electron chi connectivity index (χ2n) is 6.36. The third-order valence-corrected chi connectivity index (χ3v) is 5.82. The smallest absolute Gasteiger partial charge is 0.342 e. The Labute approximate surface area is 158 Å². The van der Waals surface area contributed by atoms with Crippen molar-refractivity contribution in [3.05, 3.63) is 50.4 Å². The number of hydrogen-bond donors (Lipinski definition) is 2. The molecule has 2 heterocycles. The number of fused-ring (bicyclic) bond motifs is 3. The number of nitrogens with one attached hydrogen (secondary N) is 1. The number of ether oxygens (including phenoxy) is 2. The first-order chi connectivity index (χ1) is 13.1. The molecule has 0 saturated heterocycles. The van der Waals surface area contributed by atoms with E-state index in [1.54, 1.807) is 0 Å². The van der Waals surface area contributed by atoms with Crippen molar-refractivity contribution in [1.29, 1.82) is 0 Å². The molecular weight excluding hydrogens is 368 g/mol. The van der Waals surface area contributed by atoms with Crippen LogP contribution in [0.3, 0.4) is 0 Å². The second-order valence-corrected chi connectivity index (χ2v) is 7.45. The number of rotatable bonds is 4. The minimum absolute atomic E-state index is 0.00985. The molecule has 2 N–H and O–H groups in total. The molecule has 27 heavy (non-hydrogen) atoms. The van der Waals surface area contributed by atoms with Crippen LogP contribution in [0.2, 0.25) is 0 Å². The van der Waals surface area contributed by atoms with E-state index in [-0.39, 0.29) is 29.3 Å². The fraction of sp³-hybridized carbons (Fsp3) is 0.316. The number of esters is 1. The van der Waals surface area contributed by atoms with Gasteiger partial charge in [0, 0.05) is 4.88 Å². The zero-order valence-corrected chi connectivity index (χ0v) is 15.5. The minimum atomic E-state index is -0.723. The van der Waals surface area contributed by atoms with Gasteiger partial charge in [-0.05, 0) is 49.4 Å². The molecule has 0 bridgehead atoms. The lowest BCUT2D eigenvalue weighted by atomic mass is 9.97. The summed E-state index contributed by atoms with van der Waals surface area (Å²) in [5.41, 5.74) is 0.902. The Morgan fingerprint density at radius 2 is 2.15 bits per heavy atom. The lowest BCUT2D eigenvalue weighted by molar-refractivity contribution is 0.0458. The van der Waals surface area contributed by atoms with E-state index in [4.69, 9.17) is 9.47 Å². The van der Waals surface area contributed by atoms with Gasteiger partial charge in [0.05, 0.1) is 12.5 Å². The van der Waals surface area contributed by atoms with E-state index in [0.29, 0.717) is 16.0 Å². The fourth-order valence-corrected chi connectivity index (χ4v) is 4.58. The number of aryl methyl sites for hydroxylation is 2. The molecule has 8 heteroatoms. The average Bonchev–Trinajstić information content (AvgIpc) is 3.05. The van der Waals surface area contributed by atoms with Crippen LogP contribution in [0.25, 0.3) is 10.2 Å². The quantitative estimate of drug-likeness (QED) is 0.669. The first-order valence-corrected chi connectivity index (χ1v) is 9.46. The molecule has 0 unspecified atom stereocenters. The number of H-pyrrole nitrogens is 1. The number of nitrogens with zero attached hydrogens (tertiary/aromatic N) is 1. The van der Waals surface area contributed by atoms with Crippen molar-refractivity contribution in [2.75, 3.05) is 7.11 Å². The van der Waals surface area contributed by atoms with Crippen molar-refractivity contribution >= 4 is 27.5 Å². The number of phenolic OH excluding ortho intramolecular Hbond substituents is 1. The van der Waals surface area contributed by atoms with Crippen molar-refractivity contribution in [1.82, 2.24) is 9.97 Å². The molecule has 0 fully saturated rings. The number of carbonyl (C=O) groups is 1. The number of phenols is 1. The van der Waals surface area contributed by atoms with Gasteiger partial charge in [0.25, 0.3) is 5.56 Å². The SMILES string of the molecule is COc1ccc(O)c(C(=O)OCc2nc3sc4c(c3c(=O)[nH]2)CCCC4)c1. The molecule has 1 aliphatic rings. The maximum absolute atomic E-state index is 12.5. The average molecular weight is 386 g/mol. The van der Waals surface area contributed by atoms with Crippen LogP contribution in [0.15, 0.2) is 23.0 Å². The lowest BCUT2D eigenvalue weighted by Gasteiger charge is -2.09. The molecule has 0 atom stereocenters. The summed E-state index contributed by atoms with van der Waals surface area (Å²) < 4.78 is 10.3. The molecule has 1 aromatic carbocycles. The van der Waals surface area contributed by atoms with E-state index in [1.165, 1.54) is 41.5 Å². The Balaban J connectivity index is 1.57. The third-order valence-electron chi connectivity index (χ3n) is 4.64. The topological polar surface area (TPSA) is 102 Å². The van der Waals surface area contributed by atoms with Crippen molar-refractivity contribution in [2.45, 2.75) is 32.3 Å².